The zero-order valence-electron chi connectivity index (χ0n) is 12.0. The summed E-state index contributed by atoms with van der Waals surface area (Å²) in [6.07, 6.45) is 0. The lowest BCUT2D eigenvalue weighted by molar-refractivity contribution is 0.426. The summed E-state index contributed by atoms with van der Waals surface area (Å²) in [5.74, 6) is 0.0424. The predicted octanol–water partition coefficient (Wildman–Crippen LogP) is 2.35. The smallest absolute Gasteiger partial charge is 0.248 e. The fourth-order valence-electron chi connectivity index (χ4n) is 2.04. The first-order valence-corrected chi connectivity index (χ1v) is 9.35. The Balaban J connectivity index is 2.40. The number of sulfonamides is 1. The van der Waals surface area contributed by atoms with Crippen molar-refractivity contribution in [2.24, 2.45) is 7.05 Å². The number of nitrogen functional groups attached to an aromatic ring is 1. The van der Waals surface area contributed by atoms with Crippen LogP contribution in [0.15, 0.2) is 20.8 Å². The summed E-state index contributed by atoms with van der Waals surface area (Å²) >= 11 is 4.90. The van der Waals surface area contributed by atoms with Crippen LogP contribution in [0.25, 0.3) is 0 Å². The first kappa shape index (κ1) is 16.5. The van der Waals surface area contributed by atoms with Crippen molar-refractivity contribution in [3.63, 3.8) is 0 Å². The van der Waals surface area contributed by atoms with Gasteiger partial charge in [0.15, 0.2) is 5.82 Å². The molecule has 0 amide bonds. The molecule has 0 saturated carbocycles. The highest BCUT2D eigenvalue weighted by Gasteiger charge is 2.30. The van der Waals surface area contributed by atoms with Crippen molar-refractivity contribution in [2.45, 2.75) is 25.3 Å². The van der Waals surface area contributed by atoms with Crippen LogP contribution in [0.3, 0.4) is 0 Å². The number of anilines is 1. The fourth-order valence-corrected chi connectivity index (χ4v) is 5.34. The number of nitrogens with zero attached hydrogens (tertiary/aromatic N) is 3. The van der Waals surface area contributed by atoms with Crippen LogP contribution >= 0.6 is 27.3 Å². The third-order valence-electron chi connectivity index (χ3n) is 3.22. The highest BCUT2D eigenvalue weighted by Crippen LogP contribution is 2.28. The average molecular weight is 393 g/mol. The van der Waals surface area contributed by atoms with E-state index in [1.165, 1.54) is 20.3 Å². The molecule has 0 unspecified atom stereocenters. The van der Waals surface area contributed by atoms with Crippen LogP contribution in [0.1, 0.15) is 17.5 Å². The van der Waals surface area contributed by atoms with E-state index in [0.29, 0.717) is 18.8 Å². The predicted molar refractivity (Wildman–Crippen MR) is 87.6 cm³/mol. The van der Waals surface area contributed by atoms with E-state index in [1.54, 1.807) is 14.0 Å². The summed E-state index contributed by atoms with van der Waals surface area (Å²) in [5.41, 5.74) is 6.32. The van der Waals surface area contributed by atoms with E-state index in [2.05, 4.69) is 21.0 Å². The number of aromatic nitrogens is 2. The molecule has 116 valence electrons. The van der Waals surface area contributed by atoms with Crippen molar-refractivity contribution in [3.05, 3.63) is 26.5 Å². The van der Waals surface area contributed by atoms with Gasteiger partial charge in [0.1, 0.15) is 4.90 Å². The number of aryl methyl sites for hydroxylation is 1. The highest BCUT2D eigenvalue weighted by atomic mass is 79.9. The molecule has 0 bridgehead atoms. The quantitative estimate of drug-likeness (QED) is 0.846. The van der Waals surface area contributed by atoms with Gasteiger partial charge >= 0.3 is 0 Å². The average Bonchev–Trinajstić information content (AvgIpc) is 2.91. The van der Waals surface area contributed by atoms with Gasteiger partial charge in [-0.25, -0.2) is 8.42 Å². The summed E-state index contributed by atoms with van der Waals surface area (Å²) in [4.78, 5) is 1.06. The van der Waals surface area contributed by atoms with Crippen molar-refractivity contribution in [2.75, 3.05) is 12.3 Å². The molecular formula is C12H17BrN4O2S2. The minimum absolute atomic E-state index is 0.0424. The Morgan fingerprint density at radius 3 is 2.57 bits per heavy atom. The molecule has 2 N–H and O–H groups in total. The molecule has 0 aliphatic rings. The van der Waals surface area contributed by atoms with Gasteiger partial charge in [-0.3, -0.25) is 4.68 Å². The van der Waals surface area contributed by atoms with E-state index in [1.807, 2.05) is 19.1 Å². The van der Waals surface area contributed by atoms with E-state index in [0.717, 1.165) is 8.66 Å². The van der Waals surface area contributed by atoms with Gasteiger partial charge in [0, 0.05) is 25.0 Å². The molecule has 0 radical (unpaired) electrons. The summed E-state index contributed by atoms with van der Waals surface area (Å²) in [6.45, 7) is 4.20. The third kappa shape index (κ3) is 3.15. The van der Waals surface area contributed by atoms with Crippen molar-refractivity contribution < 1.29 is 8.42 Å². The lowest BCUT2D eigenvalue weighted by Gasteiger charge is -2.19. The van der Waals surface area contributed by atoms with Crippen LogP contribution in [0.4, 0.5) is 5.82 Å². The van der Waals surface area contributed by atoms with Crippen LogP contribution in [0.5, 0.6) is 0 Å². The minimum atomic E-state index is -3.66. The number of nitrogens with two attached hydrogens (primary N) is 1. The maximum atomic E-state index is 12.8. The van der Waals surface area contributed by atoms with Gasteiger partial charge in [-0.05, 0) is 35.0 Å². The normalized spacial score (nSPS) is 12.2. The molecule has 2 aromatic heterocycles. The summed E-state index contributed by atoms with van der Waals surface area (Å²) in [5, 5.41) is 3.99. The van der Waals surface area contributed by atoms with Crippen molar-refractivity contribution in [1.82, 2.24) is 14.1 Å². The molecule has 6 nitrogen and oxygen atoms in total. The fraction of sp³-hybridized carbons (Fsp3) is 0.417. The molecule has 0 fully saturated rings. The second-order valence-electron chi connectivity index (χ2n) is 4.56. The van der Waals surface area contributed by atoms with Gasteiger partial charge in [0.2, 0.25) is 10.0 Å². The second-order valence-corrected chi connectivity index (χ2v) is 8.98. The molecule has 0 spiro atoms. The topological polar surface area (TPSA) is 81.2 Å². The van der Waals surface area contributed by atoms with Crippen LogP contribution < -0.4 is 5.73 Å². The molecule has 21 heavy (non-hydrogen) atoms. The van der Waals surface area contributed by atoms with Crippen molar-refractivity contribution in [3.8, 4) is 0 Å². The van der Waals surface area contributed by atoms with Crippen LogP contribution in [0.2, 0.25) is 0 Å². The number of rotatable bonds is 5. The molecule has 2 heterocycles. The molecule has 0 aliphatic carbocycles. The Hall–Kier alpha value is -0.900. The Morgan fingerprint density at radius 1 is 1.48 bits per heavy atom. The van der Waals surface area contributed by atoms with Gasteiger partial charge in [-0.2, -0.15) is 9.40 Å². The standard InChI is InChI=1S/C12H17BrN4O2S2/c1-4-17(7-9-5-6-10(13)20-9)21(18,19)11-8(2)16(3)15-12(11)14/h5-6H,4,7H2,1-3H3,(H2,14,15). The molecule has 2 aromatic rings. The Labute approximate surface area is 136 Å². The van der Waals surface area contributed by atoms with Crippen molar-refractivity contribution in [1.29, 1.82) is 0 Å². The molecular weight excluding hydrogens is 376 g/mol. The SMILES string of the molecule is CCN(Cc1ccc(Br)s1)S(=O)(=O)c1c(N)nn(C)c1C. The Bertz CT molecular complexity index is 751. The van der Waals surface area contributed by atoms with E-state index < -0.39 is 10.0 Å². The van der Waals surface area contributed by atoms with Crippen LogP contribution in [0, 0.1) is 6.92 Å². The molecule has 0 saturated heterocycles. The summed E-state index contributed by atoms with van der Waals surface area (Å²) in [7, 11) is -1.99. The van der Waals surface area contributed by atoms with Gasteiger partial charge < -0.3 is 5.73 Å². The van der Waals surface area contributed by atoms with Crippen LogP contribution in [-0.2, 0) is 23.6 Å². The van der Waals surface area contributed by atoms with Gasteiger partial charge in [0.05, 0.1) is 9.48 Å². The monoisotopic (exact) mass is 392 g/mol. The largest absolute Gasteiger partial charge is 0.381 e. The second kappa shape index (κ2) is 6.07. The number of hydrogen-bond donors (Lipinski definition) is 1. The van der Waals surface area contributed by atoms with Gasteiger partial charge in [-0.15, -0.1) is 11.3 Å². The van der Waals surface area contributed by atoms with E-state index in [4.69, 9.17) is 5.73 Å². The van der Waals surface area contributed by atoms with Gasteiger partial charge in [0.25, 0.3) is 0 Å². The Morgan fingerprint density at radius 2 is 2.14 bits per heavy atom. The first-order valence-electron chi connectivity index (χ1n) is 6.30. The molecule has 9 heteroatoms. The Kier molecular flexibility index (Phi) is 4.76. The van der Waals surface area contributed by atoms with E-state index in [-0.39, 0.29) is 10.7 Å². The van der Waals surface area contributed by atoms with Crippen molar-refractivity contribution >= 4 is 43.1 Å². The maximum Gasteiger partial charge on any atom is 0.248 e. The zero-order valence-corrected chi connectivity index (χ0v) is 15.2. The van der Waals surface area contributed by atoms with Gasteiger partial charge in [-0.1, -0.05) is 6.92 Å². The summed E-state index contributed by atoms with van der Waals surface area (Å²) in [6, 6.07) is 3.82. The summed E-state index contributed by atoms with van der Waals surface area (Å²) < 4.78 is 29.5. The number of hydrogen-bond acceptors (Lipinski definition) is 5. The molecule has 0 atom stereocenters. The van der Waals surface area contributed by atoms with E-state index >= 15 is 0 Å². The maximum absolute atomic E-state index is 12.8. The lowest BCUT2D eigenvalue weighted by atomic mass is 10.4. The lowest BCUT2D eigenvalue weighted by Crippen LogP contribution is -2.31. The van der Waals surface area contributed by atoms with Crippen LogP contribution in [-0.4, -0.2) is 29.0 Å². The molecule has 0 aromatic carbocycles. The molecule has 2 rings (SSSR count). The molecule has 0 aliphatic heterocycles. The first-order chi connectivity index (χ1) is 9.77. The van der Waals surface area contributed by atoms with E-state index in [9.17, 15) is 8.42 Å². The zero-order chi connectivity index (χ0) is 15.8. The highest BCUT2D eigenvalue weighted by molar-refractivity contribution is 9.11. The minimum Gasteiger partial charge on any atom is -0.381 e. The third-order valence-corrected chi connectivity index (χ3v) is 6.91. The number of halogens is 1. The number of thiophene rings is 1.